The molecule has 0 spiro atoms. The number of benzene rings is 2. The normalized spacial score (nSPS) is 17.8. The molecule has 0 aliphatic carbocycles. The first-order chi connectivity index (χ1) is 16.0. The van der Waals surface area contributed by atoms with Gasteiger partial charge in [-0.25, -0.2) is 0 Å². The number of aliphatic hydroxyl groups excluding tert-OH is 2. The second-order valence-corrected chi connectivity index (χ2v) is 9.32. The lowest BCUT2D eigenvalue weighted by Crippen LogP contribution is -2.56. The van der Waals surface area contributed by atoms with Gasteiger partial charge in [-0.15, -0.1) is 0 Å². The highest BCUT2D eigenvalue weighted by Gasteiger charge is 2.37. The maximum atomic E-state index is 13.2. The quantitative estimate of drug-likeness (QED) is 0.591. The van der Waals surface area contributed by atoms with Crippen molar-refractivity contribution in [3.05, 3.63) is 48.0 Å². The lowest BCUT2D eigenvalue weighted by molar-refractivity contribution is -0.137. The first-order valence-electron chi connectivity index (χ1n) is 11.1. The Kier molecular flexibility index (Phi) is 6.39. The Hall–Kier alpha value is -2.98. The number of ether oxygens (including phenoxy) is 1. The van der Waals surface area contributed by atoms with Gasteiger partial charge in [-0.3, -0.25) is 4.79 Å². The summed E-state index contributed by atoms with van der Waals surface area (Å²) in [5.41, 5.74) is 0.795. The van der Waals surface area contributed by atoms with Crippen LogP contribution in [0.25, 0.3) is 0 Å². The Morgan fingerprint density at radius 3 is 2.47 bits per heavy atom. The molecule has 2 aliphatic heterocycles. The van der Waals surface area contributed by atoms with Gasteiger partial charge in [0.15, 0.2) is 0 Å². The number of carbonyl (C=O) groups is 1. The van der Waals surface area contributed by atoms with Gasteiger partial charge in [-0.1, -0.05) is 6.07 Å². The Bertz CT molecular complexity index is 1050. The van der Waals surface area contributed by atoms with E-state index in [1.54, 1.807) is 0 Å². The molecule has 10 heteroatoms. The fourth-order valence-electron chi connectivity index (χ4n) is 4.20. The second-order valence-electron chi connectivity index (χ2n) is 9.32. The first-order valence-corrected chi connectivity index (χ1v) is 11.1. The van der Waals surface area contributed by atoms with Crippen LogP contribution in [0.4, 0.5) is 30.2 Å². The van der Waals surface area contributed by atoms with Crippen LogP contribution in [0, 0.1) is 5.92 Å². The third-order valence-corrected chi connectivity index (χ3v) is 6.05. The molecule has 2 aromatic rings. The average molecular weight is 479 g/mol. The van der Waals surface area contributed by atoms with Crippen molar-refractivity contribution in [3.63, 3.8) is 0 Å². The molecule has 0 atom stereocenters. The number of rotatable bonds is 6. The Morgan fingerprint density at radius 2 is 1.82 bits per heavy atom. The zero-order chi connectivity index (χ0) is 24.7. The molecule has 34 heavy (non-hydrogen) atoms. The number of carbonyl (C=O) groups excluding carboxylic acids is 1. The summed E-state index contributed by atoms with van der Waals surface area (Å²) in [4.78, 5) is 16.3. The van der Waals surface area contributed by atoms with Gasteiger partial charge in [-0.05, 0) is 50.2 Å². The van der Waals surface area contributed by atoms with Crippen LogP contribution in [0.1, 0.15) is 19.4 Å². The van der Waals surface area contributed by atoms with Crippen LogP contribution < -0.4 is 19.9 Å². The van der Waals surface area contributed by atoms with Crippen LogP contribution in [0.2, 0.25) is 0 Å². The van der Waals surface area contributed by atoms with Crippen molar-refractivity contribution in [2.45, 2.75) is 31.7 Å². The van der Waals surface area contributed by atoms with E-state index in [9.17, 15) is 18.0 Å². The summed E-state index contributed by atoms with van der Waals surface area (Å²) in [6, 6.07) is 10.5. The predicted molar refractivity (Wildman–Crippen MR) is 121 cm³/mol. The average Bonchev–Trinajstić information content (AvgIpc) is 2.74. The predicted octanol–water partition coefficient (Wildman–Crippen LogP) is 2.92. The largest absolute Gasteiger partial charge is 0.484 e. The summed E-state index contributed by atoms with van der Waals surface area (Å²) in [5, 5.41) is 20.9. The summed E-state index contributed by atoms with van der Waals surface area (Å²) >= 11 is 0. The lowest BCUT2D eigenvalue weighted by Gasteiger charge is -2.43. The molecule has 0 bridgehead atoms. The molecule has 1 amide bonds. The minimum atomic E-state index is -4.46. The van der Waals surface area contributed by atoms with E-state index in [0.29, 0.717) is 25.3 Å². The molecule has 0 saturated carbocycles. The fraction of sp³-hybridized carbons (Fsp3) is 0.458. The van der Waals surface area contributed by atoms with E-state index in [2.05, 4.69) is 5.32 Å². The van der Waals surface area contributed by atoms with Gasteiger partial charge >= 0.3 is 6.18 Å². The minimum absolute atomic E-state index is 0.180. The van der Waals surface area contributed by atoms with Gasteiger partial charge in [0.1, 0.15) is 11.4 Å². The van der Waals surface area contributed by atoms with E-state index >= 15 is 0 Å². The summed E-state index contributed by atoms with van der Waals surface area (Å²) in [7, 11) is 0. The highest BCUT2D eigenvalue weighted by Crippen LogP contribution is 2.44. The van der Waals surface area contributed by atoms with E-state index in [1.807, 2.05) is 47.9 Å². The van der Waals surface area contributed by atoms with E-state index in [4.69, 9.17) is 14.9 Å². The molecule has 0 aromatic heterocycles. The maximum Gasteiger partial charge on any atom is 0.416 e. The molecule has 2 aliphatic rings. The minimum Gasteiger partial charge on any atom is -0.484 e. The van der Waals surface area contributed by atoms with Crippen molar-refractivity contribution in [1.29, 1.82) is 0 Å². The molecule has 1 fully saturated rings. The molecule has 1 saturated heterocycles. The van der Waals surface area contributed by atoms with Crippen molar-refractivity contribution < 1.29 is 32.9 Å². The Balaban J connectivity index is 1.53. The molecule has 7 nitrogen and oxygen atoms in total. The zero-order valence-electron chi connectivity index (χ0n) is 19.0. The number of halogens is 3. The third kappa shape index (κ3) is 4.92. The van der Waals surface area contributed by atoms with Crippen molar-refractivity contribution in [2.75, 3.05) is 42.6 Å². The second kappa shape index (κ2) is 8.99. The summed E-state index contributed by atoms with van der Waals surface area (Å²) in [6.07, 6.45) is -4.46. The van der Waals surface area contributed by atoms with Crippen LogP contribution >= 0.6 is 0 Å². The maximum absolute atomic E-state index is 13.2. The highest BCUT2D eigenvalue weighted by atomic mass is 19.4. The van der Waals surface area contributed by atoms with Crippen molar-refractivity contribution in [2.24, 2.45) is 5.92 Å². The number of alkyl halides is 3. The standard InChI is InChI=1S/C24H28F3N3O4/c1-23(2)14-30(20-7-6-16(24(25,26)27)8-21(20)34-23)19-5-3-4-18(9-19)29-10-15(11-29)22(33)28-17(12-31)13-32/h3-9,15,17,31-32H,10-14H2,1-2H3,(H,28,33). The molecule has 4 rings (SSSR count). The number of amides is 1. The Labute approximate surface area is 195 Å². The molecule has 184 valence electrons. The zero-order valence-corrected chi connectivity index (χ0v) is 19.0. The van der Waals surface area contributed by atoms with E-state index in [1.165, 1.54) is 6.07 Å². The van der Waals surface area contributed by atoms with Crippen molar-refractivity contribution in [1.82, 2.24) is 5.32 Å². The lowest BCUT2D eigenvalue weighted by atomic mass is 9.97. The van der Waals surface area contributed by atoms with Crippen LogP contribution in [-0.2, 0) is 11.0 Å². The monoisotopic (exact) mass is 479 g/mol. The number of aliphatic hydroxyl groups is 2. The molecular weight excluding hydrogens is 451 g/mol. The summed E-state index contributed by atoms with van der Waals surface area (Å²) in [6.45, 7) is 4.42. The number of nitrogens with one attached hydrogen (secondary N) is 1. The molecule has 0 radical (unpaired) electrons. The van der Waals surface area contributed by atoms with Gasteiger partial charge < -0.3 is 30.1 Å². The van der Waals surface area contributed by atoms with Gasteiger partial charge in [0.2, 0.25) is 5.91 Å². The first kappa shape index (κ1) is 24.2. The van der Waals surface area contributed by atoms with Gasteiger partial charge in [0.25, 0.3) is 0 Å². The van der Waals surface area contributed by atoms with Crippen molar-refractivity contribution >= 4 is 23.0 Å². The van der Waals surface area contributed by atoms with Crippen LogP contribution in [0.5, 0.6) is 5.75 Å². The van der Waals surface area contributed by atoms with E-state index in [-0.39, 0.29) is 30.8 Å². The van der Waals surface area contributed by atoms with Crippen LogP contribution in [0.15, 0.2) is 42.5 Å². The van der Waals surface area contributed by atoms with E-state index in [0.717, 1.165) is 23.5 Å². The molecule has 0 unspecified atom stereocenters. The Morgan fingerprint density at radius 1 is 1.15 bits per heavy atom. The molecule has 2 aromatic carbocycles. The van der Waals surface area contributed by atoms with Gasteiger partial charge in [-0.2, -0.15) is 13.2 Å². The summed E-state index contributed by atoms with van der Waals surface area (Å²) in [5.74, 6) is -0.294. The number of hydrogen-bond acceptors (Lipinski definition) is 6. The number of hydrogen-bond donors (Lipinski definition) is 3. The fourth-order valence-corrected chi connectivity index (χ4v) is 4.20. The molecular formula is C24H28F3N3O4. The molecule has 2 heterocycles. The number of nitrogens with zero attached hydrogens (tertiary/aromatic N) is 2. The SMILES string of the molecule is CC1(C)CN(c2cccc(N3CC(C(=O)NC(CO)CO)C3)c2)c2ccc(C(F)(F)F)cc2O1. The number of anilines is 3. The summed E-state index contributed by atoms with van der Waals surface area (Å²) < 4.78 is 45.6. The topological polar surface area (TPSA) is 85.3 Å². The number of fused-ring (bicyclic) bond motifs is 1. The highest BCUT2D eigenvalue weighted by molar-refractivity contribution is 5.82. The smallest absolute Gasteiger partial charge is 0.416 e. The molecule has 3 N–H and O–H groups in total. The van der Waals surface area contributed by atoms with E-state index < -0.39 is 23.4 Å². The van der Waals surface area contributed by atoms with Crippen molar-refractivity contribution in [3.8, 4) is 5.75 Å². The van der Waals surface area contributed by atoms with Gasteiger partial charge in [0, 0.05) is 24.5 Å². The van der Waals surface area contributed by atoms with Crippen LogP contribution in [0.3, 0.4) is 0 Å². The van der Waals surface area contributed by atoms with Crippen LogP contribution in [-0.4, -0.2) is 60.6 Å². The van der Waals surface area contributed by atoms with Gasteiger partial charge in [0.05, 0.1) is 43.0 Å². The third-order valence-electron chi connectivity index (χ3n) is 6.05.